The maximum atomic E-state index is 12.5. The van der Waals surface area contributed by atoms with Crippen LogP contribution in [0, 0.1) is 0 Å². The summed E-state index contributed by atoms with van der Waals surface area (Å²) in [5.41, 5.74) is 4.09. The first-order chi connectivity index (χ1) is 15.1. The molecule has 1 aromatic heterocycles. The number of Topliss-reactive ketones (excluding diaryl/α,β-unsaturated/α-hetero) is 1. The standard InChI is InChI=1S/C24H23NO5S/c1-28-21-10-9-18(12-22(21)29-2)23-25-19(14-31-23)24(27)30-13-20(26)17-8-7-15-5-3-4-6-16(15)11-17/h7-12,14H,3-6,13H2,1-2H3. The molecule has 1 aliphatic rings. The van der Waals surface area contributed by atoms with E-state index >= 15 is 0 Å². The normalized spacial score (nSPS) is 12.7. The van der Waals surface area contributed by atoms with Crippen LogP contribution in [0.4, 0.5) is 0 Å². The zero-order valence-corrected chi connectivity index (χ0v) is 18.3. The van der Waals surface area contributed by atoms with Crippen molar-refractivity contribution in [3.05, 3.63) is 64.2 Å². The Bertz CT molecular complexity index is 1120. The topological polar surface area (TPSA) is 74.7 Å². The molecular formula is C24H23NO5S. The van der Waals surface area contributed by atoms with Crippen molar-refractivity contribution >= 4 is 23.1 Å². The first kappa shape index (κ1) is 21.1. The molecule has 6 nitrogen and oxygen atoms in total. The molecule has 0 bridgehead atoms. The lowest BCUT2D eigenvalue weighted by Crippen LogP contribution is -2.15. The Balaban J connectivity index is 1.41. The first-order valence-electron chi connectivity index (χ1n) is 10.1. The fourth-order valence-electron chi connectivity index (χ4n) is 3.66. The Labute approximate surface area is 184 Å². The van der Waals surface area contributed by atoms with Crippen LogP contribution in [-0.2, 0) is 17.6 Å². The van der Waals surface area contributed by atoms with Crippen molar-refractivity contribution in [2.75, 3.05) is 20.8 Å². The second-order valence-corrected chi connectivity index (χ2v) is 8.16. The average molecular weight is 438 g/mol. The summed E-state index contributed by atoms with van der Waals surface area (Å²) in [5.74, 6) is 0.365. The molecule has 0 saturated heterocycles. The molecule has 160 valence electrons. The van der Waals surface area contributed by atoms with Crippen molar-refractivity contribution in [2.24, 2.45) is 0 Å². The van der Waals surface area contributed by atoms with Gasteiger partial charge in [-0.15, -0.1) is 11.3 Å². The zero-order chi connectivity index (χ0) is 21.8. The molecule has 4 rings (SSSR count). The highest BCUT2D eigenvalue weighted by Crippen LogP contribution is 2.33. The number of ether oxygens (including phenoxy) is 3. The Hall–Kier alpha value is -3.19. The zero-order valence-electron chi connectivity index (χ0n) is 17.5. The Morgan fingerprint density at radius 3 is 2.52 bits per heavy atom. The highest BCUT2D eigenvalue weighted by Gasteiger charge is 2.18. The van der Waals surface area contributed by atoms with Crippen molar-refractivity contribution in [1.29, 1.82) is 0 Å². The van der Waals surface area contributed by atoms with Crippen LogP contribution in [0.2, 0.25) is 0 Å². The number of nitrogens with zero attached hydrogens (tertiary/aromatic N) is 1. The minimum atomic E-state index is -0.616. The minimum absolute atomic E-state index is 0.174. The number of aryl methyl sites for hydroxylation is 2. The van der Waals surface area contributed by atoms with Crippen LogP contribution in [-0.4, -0.2) is 37.6 Å². The monoisotopic (exact) mass is 437 g/mol. The molecule has 0 amide bonds. The van der Waals surface area contributed by atoms with Crippen LogP contribution < -0.4 is 9.47 Å². The third-order valence-corrected chi connectivity index (χ3v) is 6.24. The molecule has 3 aromatic rings. The van der Waals surface area contributed by atoms with Gasteiger partial charge in [-0.05, 0) is 61.1 Å². The molecule has 31 heavy (non-hydrogen) atoms. The summed E-state index contributed by atoms with van der Waals surface area (Å²) in [5, 5.41) is 2.27. The molecule has 0 aliphatic heterocycles. The largest absolute Gasteiger partial charge is 0.493 e. The van der Waals surface area contributed by atoms with Gasteiger partial charge in [0.25, 0.3) is 0 Å². The van der Waals surface area contributed by atoms with E-state index in [9.17, 15) is 9.59 Å². The quantitative estimate of drug-likeness (QED) is 0.392. The van der Waals surface area contributed by atoms with Gasteiger partial charge in [0.05, 0.1) is 14.2 Å². The van der Waals surface area contributed by atoms with Crippen molar-refractivity contribution < 1.29 is 23.8 Å². The summed E-state index contributed by atoms with van der Waals surface area (Å²) in [6.45, 7) is -0.305. The molecule has 7 heteroatoms. The summed E-state index contributed by atoms with van der Waals surface area (Å²) in [6, 6.07) is 11.2. The van der Waals surface area contributed by atoms with Gasteiger partial charge in [-0.25, -0.2) is 9.78 Å². The van der Waals surface area contributed by atoms with Crippen LogP contribution in [0.3, 0.4) is 0 Å². The molecular weight excluding hydrogens is 414 g/mol. The number of benzene rings is 2. The summed E-state index contributed by atoms with van der Waals surface area (Å²) in [4.78, 5) is 29.3. The van der Waals surface area contributed by atoms with E-state index in [1.807, 2.05) is 24.3 Å². The number of thiazole rings is 1. The van der Waals surface area contributed by atoms with Gasteiger partial charge in [-0.3, -0.25) is 4.79 Å². The van der Waals surface area contributed by atoms with Gasteiger partial charge in [0.15, 0.2) is 29.6 Å². The van der Waals surface area contributed by atoms with E-state index in [1.165, 1.54) is 28.9 Å². The molecule has 0 saturated carbocycles. The second-order valence-electron chi connectivity index (χ2n) is 7.30. The van der Waals surface area contributed by atoms with E-state index in [-0.39, 0.29) is 18.1 Å². The summed E-state index contributed by atoms with van der Waals surface area (Å²) in [7, 11) is 3.13. The van der Waals surface area contributed by atoms with E-state index in [2.05, 4.69) is 4.98 Å². The molecule has 0 atom stereocenters. The van der Waals surface area contributed by atoms with Crippen LogP contribution in [0.25, 0.3) is 10.6 Å². The fraction of sp³-hybridized carbons (Fsp3) is 0.292. The van der Waals surface area contributed by atoms with E-state index in [4.69, 9.17) is 14.2 Å². The number of fused-ring (bicyclic) bond motifs is 1. The lowest BCUT2D eigenvalue weighted by atomic mass is 9.90. The third kappa shape index (κ3) is 4.61. The van der Waals surface area contributed by atoms with Crippen LogP contribution >= 0.6 is 11.3 Å². The Kier molecular flexibility index (Phi) is 6.32. The third-order valence-electron chi connectivity index (χ3n) is 5.35. The first-order valence-corrected chi connectivity index (χ1v) is 11.0. The van der Waals surface area contributed by atoms with Gasteiger partial charge in [-0.1, -0.05) is 12.1 Å². The molecule has 0 radical (unpaired) electrons. The minimum Gasteiger partial charge on any atom is -0.493 e. The predicted octanol–water partition coefficient (Wildman–Crippen LogP) is 4.75. The van der Waals surface area contributed by atoms with Gasteiger partial charge < -0.3 is 14.2 Å². The van der Waals surface area contributed by atoms with E-state index < -0.39 is 5.97 Å². The molecule has 0 unspecified atom stereocenters. The molecule has 1 aliphatic carbocycles. The van der Waals surface area contributed by atoms with Crippen molar-refractivity contribution in [2.45, 2.75) is 25.7 Å². The summed E-state index contributed by atoms with van der Waals surface area (Å²) < 4.78 is 15.8. The Morgan fingerprint density at radius 2 is 1.74 bits per heavy atom. The number of aromatic nitrogens is 1. The number of ketones is 1. The fourth-order valence-corrected chi connectivity index (χ4v) is 4.45. The van der Waals surface area contributed by atoms with E-state index in [0.717, 1.165) is 24.8 Å². The SMILES string of the molecule is COc1ccc(-c2nc(C(=O)OCC(=O)c3ccc4c(c3)CCCC4)cs2)cc1OC. The lowest BCUT2D eigenvalue weighted by Gasteiger charge is -2.16. The molecule has 1 heterocycles. The molecule has 0 N–H and O–H groups in total. The summed E-state index contributed by atoms with van der Waals surface area (Å²) in [6.07, 6.45) is 4.39. The van der Waals surface area contributed by atoms with Gasteiger partial charge in [-0.2, -0.15) is 0 Å². The smallest absolute Gasteiger partial charge is 0.358 e. The maximum absolute atomic E-state index is 12.5. The van der Waals surface area contributed by atoms with Crippen LogP contribution in [0.5, 0.6) is 11.5 Å². The lowest BCUT2D eigenvalue weighted by molar-refractivity contribution is 0.0470. The van der Waals surface area contributed by atoms with Gasteiger partial charge >= 0.3 is 5.97 Å². The molecule has 0 spiro atoms. The number of carbonyl (C=O) groups excluding carboxylic acids is 2. The average Bonchev–Trinajstić information content (AvgIpc) is 3.32. The highest BCUT2D eigenvalue weighted by atomic mass is 32.1. The second kappa shape index (κ2) is 9.31. The number of esters is 1. The Morgan fingerprint density at radius 1 is 0.968 bits per heavy atom. The van der Waals surface area contributed by atoms with Gasteiger partial charge in [0.1, 0.15) is 5.01 Å². The van der Waals surface area contributed by atoms with Crippen molar-refractivity contribution in [1.82, 2.24) is 4.98 Å². The van der Waals surface area contributed by atoms with Gasteiger partial charge in [0, 0.05) is 16.5 Å². The van der Waals surface area contributed by atoms with Gasteiger partial charge in [0.2, 0.25) is 0 Å². The molecule has 0 fully saturated rings. The van der Waals surface area contributed by atoms with E-state index in [1.54, 1.807) is 31.7 Å². The van der Waals surface area contributed by atoms with E-state index in [0.29, 0.717) is 22.1 Å². The number of methoxy groups -OCH3 is 2. The van der Waals surface area contributed by atoms with Crippen LogP contribution in [0.15, 0.2) is 41.8 Å². The number of carbonyl (C=O) groups is 2. The number of rotatable bonds is 7. The molecule has 2 aromatic carbocycles. The highest BCUT2D eigenvalue weighted by molar-refractivity contribution is 7.13. The van der Waals surface area contributed by atoms with Crippen molar-refractivity contribution in [3.8, 4) is 22.1 Å². The maximum Gasteiger partial charge on any atom is 0.358 e. The van der Waals surface area contributed by atoms with Crippen molar-refractivity contribution in [3.63, 3.8) is 0 Å². The summed E-state index contributed by atoms with van der Waals surface area (Å²) >= 11 is 1.32. The van der Waals surface area contributed by atoms with Crippen LogP contribution in [0.1, 0.15) is 44.8 Å². The predicted molar refractivity (Wildman–Crippen MR) is 118 cm³/mol. The number of hydrogen-bond acceptors (Lipinski definition) is 7. The number of hydrogen-bond donors (Lipinski definition) is 0.